The Kier molecular flexibility index (Phi) is 4.80. The number of halogens is 1. The summed E-state index contributed by atoms with van der Waals surface area (Å²) in [4.78, 5) is 13.1. The molecule has 4 heteroatoms. The Labute approximate surface area is 105 Å². The van der Waals surface area contributed by atoms with Gasteiger partial charge in [-0.2, -0.15) is 0 Å². The summed E-state index contributed by atoms with van der Waals surface area (Å²) < 4.78 is 6.10. The fourth-order valence-corrected chi connectivity index (χ4v) is 1.71. The van der Waals surface area contributed by atoms with Crippen LogP contribution in [-0.2, 0) is 11.3 Å². The molecular formula is C12H16BrNO2. The first-order chi connectivity index (χ1) is 7.49. The zero-order chi connectivity index (χ0) is 12.1. The second kappa shape index (κ2) is 5.89. The molecule has 0 fully saturated rings. The van der Waals surface area contributed by atoms with Crippen molar-refractivity contribution in [3.8, 4) is 0 Å². The lowest BCUT2D eigenvalue weighted by atomic mass is 10.2. The van der Waals surface area contributed by atoms with Gasteiger partial charge in [0.05, 0.1) is 6.10 Å². The van der Waals surface area contributed by atoms with Crippen molar-refractivity contribution in [1.29, 1.82) is 0 Å². The minimum atomic E-state index is -0.296. The van der Waals surface area contributed by atoms with Crippen molar-refractivity contribution in [2.24, 2.45) is 0 Å². The van der Waals surface area contributed by atoms with Crippen LogP contribution in [0.4, 0.5) is 4.79 Å². The Bertz CT molecular complexity index is 366. The van der Waals surface area contributed by atoms with Gasteiger partial charge >= 0.3 is 6.09 Å². The quantitative estimate of drug-likeness (QED) is 0.852. The number of hydrogen-bond donors (Lipinski definition) is 0. The Hall–Kier alpha value is -1.03. The summed E-state index contributed by atoms with van der Waals surface area (Å²) in [6, 6.07) is 7.86. The minimum Gasteiger partial charge on any atom is -0.447 e. The lowest BCUT2D eigenvalue weighted by Crippen LogP contribution is -2.29. The van der Waals surface area contributed by atoms with Crippen molar-refractivity contribution in [3.05, 3.63) is 34.3 Å². The van der Waals surface area contributed by atoms with Crippen molar-refractivity contribution in [2.75, 3.05) is 7.05 Å². The van der Waals surface area contributed by atoms with Crippen LogP contribution in [0.25, 0.3) is 0 Å². The van der Waals surface area contributed by atoms with Gasteiger partial charge in [-0.3, -0.25) is 0 Å². The second-order valence-electron chi connectivity index (χ2n) is 3.92. The maximum atomic E-state index is 11.5. The smallest absolute Gasteiger partial charge is 0.410 e. The minimum absolute atomic E-state index is 0.0857. The van der Waals surface area contributed by atoms with Crippen molar-refractivity contribution in [1.82, 2.24) is 4.90 Å². The first kappa shape index (κ1) is 13.0. The number of hydrogen-bond acceptors (Lipinski definition) is 2. The Morgan fingerprint density at radius 1 is 1.50 bits per heavy atom. The van der Waals surface area contributed by atoms with Gasteiger partial charge in [0.2, 0.25) is 0 Å². The van der Waals surface area contributed by atoms with Gasteiger partial charge in [-0.1, -0.05) is 28.1 Å². The number of rotatable bonds is 3. The molecule has 0 bridgehead atoms. The Balaban J connectivity index is 2.57. The van der Waals surface area contributed by atoms with Crippen LogP contribution in [-0.4, -0.2) is 24.1 Å². The van der Waals surface area contributed by atoms with Crippen molar-refractivity contribution >= 4 is 22.0 Å². The van der Waals surface area contributed by atoms with Crippen molar-refractivity contribution in [3.63, 3.8) is 0 Å². The molecule has 0 aliphatic heterocycles. The van der Waals surface area contributed by atoms with E-state index in [-0.39, 0.29) is 12.2 Å². The molecule has 16 heavy (non-hydrogen) atoms. The van der Waals surface area contributed by atoms with Crippen LogP contribution < -0.4 is 0 Å². The van der Waals surface area contributed by atoms with Crippen LogP contribution in [0.3, 0.4) is 0 Å². The fourth-order valence-electron chi connectivity index (χ4n) is 1.27. The molecule has 0 heterocycles. The molecule has 1 aromatic carbocycles. The van der Waals surface area contributed by atoms with Gasteiger partial charge < -0.3 is 9.64 Å². The molecule has 0 saturated heterocycles. The molecule has 1 rings (SSSR count). The predicted octanol–water partition coefficient (Wildman–Crippen LogP) is 3.43. The lowest BCUT2D eigenvalue weighted by molar-refractivity contribution is 0.0822. The third kappa shape index (κ3) is 4.23. The molecule has 0 saturated carbocycles. The summed E-state index contributed by atoms with van der Waals surface area (Å²) in [7, 11) is 1.73. The monoisotopic (exact) mass is 285 g/mol. The highest BCUT2D eigenvalue weighted by molar-refractivity contribution is 9.10. The van der Waals surface area contributed by atoms with Crippen LogP contribution in [0.5, 0.6) is 0 Å². The van der Waals surface area contributed by atoms with E-state index in [4.69, 9.17) is 4.74 Å². The maximum absolute atomic E-state index is 11.5. The molecular weight excluding hydrogens is 270 g/mol. The van der Waals surface area contributed by atoms with E-state index in [9.17, 15) is 4.79 Å². The fraction of sp³-hybridized carbons (Fsp3) is 0.417. The molecule has 0 aromatic heterocycles. The van der Waals surface area contributed by atoms with E-state index < -0.39 is 0 Å². The normalized spacial score (nSPS) is 10.3. The molecule has 0 spiro atoms. The van der Waals surface area contributed by atoms with E-state index in [1.807, 2.05) is 38.1 Å². The molecule has 1 aromatic rings. The van der Waals surface area contributed by atoms with E-state index in [0.717, 1.165) is 10.0 Å². The van der Waals surface area contributed by atoms with E-state index in [2.05, 4.69) is 15.9 Å². The molecule has 0 unspecified atom stereocenters. The number of amides is 1. The highest BCUT2D eigenvalue weighted by atomic mass is 79.9. The van der Waals surface area contributed by atoms with Crippen LogP contribution >= 0.6 is 15.9 Å². The first-order valence-electron chi connectivity index (χ1n) is 5.15. The van der Waals surface area contributed by atoms with Gasteiger partial charge in [0.25, 0.3) is 0 Å². The molecule has 0 aliphatic carbocycles. The number of benzene rings is 1. The summed E-state index contributed by atoms with van der Waals surface area (Å²) in [6.45, 7) is 4.22. The average Bonchev–Trinajstić information content (AvgIpc) is 2.16. The Morgan fingerprint density at radius 3 is 2.75 bits per heavy atom. The van der Waals surface area contributed by atoms with E-state index in [1.165, 1.54) is 0 Å². The van der Waals surface area contributed by atoms with Crippen molar-refractivity contribution in [2.45, 2.75) is 26.5 Å². The number of nitrogens with zero attached hydrogens (tertiary/aromatic N) is 1. The second-order valence-corrected chi connectivity index (χ2v) is 4.83. The third-order valence-corrected chi connectivity index (χ3v) is 2.45. The van der Waals surface area contributed by atoms with Gasteiger partial charge in [-0.15, -0.1) is 0 Å². The summed E-state index contributed by atoms with van der Waals surface area (Å²) >= 11 is 3.39. The Morgan fingerprint density at radius 2 is 2.19 bits per heavy atom. The zero-order valence-corrected chi connectivity index (χ0v) is 11.3. The van der Waals surface area contributed by atoms with E-state index in [0.29, 0.717) is 6.54 Å². The molecule has 0 radical (unpaired) electrons. The largest absolute Gasteiger partial charge is 0.447 e. The van der Waals surface area contributed by atoms with E-state index >= 15 is 0 Å². The molecule has 0 N–H and O–H groups in total. The molecule has 88 valence electrons. The van der Waals surface area contributed by atoms with Crippen LogP contribution in [0.1, 0.15) is 19.4 Å². The summed E-state index contributed by atoms with van der Waals surface area (Å²) in [5.41, 5.74) is 1.07. The van der Waals surface area contributed by atoms with Crippen LogP contribution in [0, 0.1) is 0 Å². The zero-order valence-electron chi connectivity index (χ0n) is 9.74. The molecule has 0 aliphatic rings. The van der Waals surface area contributed by atoms with Gasteiger partial charge in [-0.25, -0.2) is 4.79 Å². The van der Waals surface area contributed by atoms with Gasteiger partial charge in [0.15, 0.2) is 0 Å². The predicted molar refractivity (Wildman–Crippen MR) is 67.2 cm³/mol. The summed E-state index contributed by atoms with van der Waals surface area (Å²) in [5.74, 6) is 0. The molecule has 3 nitrogen and oxygen atoms in total. The summed E-state index contributed by atoms with van der Waals surface area (Å²) in [6.07, 6.45) is -0.382. The number of carbonyl (C=O) groups excluding carboxylic acids is 1. The van der Waals surface area contributed by atoms with Gasteiger partial charge in [0.1, 0.15) is 0 Å². The van der Waals surface area contributed by atoms with Gasteiger partial charge in [-0.05, 0) is 31.5 Å². The average molecular weight is 286 g/mol. The standard InChI is InChI=1S/C12H16BrNO2/c1-9(2)16-12(15)14(3)8-10-5-4-6-11(13)7-10/h4-7,9H,8H2,1-3H3. The lowest BCUT2D eigenvalue weighted by Gasteiger charge is -2.18. The maximum Gasteiger partial charge on any atom is 0.410 e. The highest BCUT2D eigenvalue weighted by Crippen LogP contribution is 2.13. The molecule has 1 amide bonds. The molecule has 0 atom stereocenters. The van der Waals surface area contributed by atoms with Crippen LogP contribution in [0.2, 0.25) is 0 Å². The van der Waals surface area contributed by atoms with E-state index in [1.54, 1.807) is 11.9 Å². The number of carbonyl (C=O) groups is 1. The first-order valence-corrected chi connectivity index (χ1v) is 5.94. The van der Waals surface area contributed by atoms with Gasteiger partial charge in [0, 0.05) is 18.1 Å². The SMILES string of the molecule is CC(C)OC(=O)N(C)Cc1cccc(Br)c1. The summed E-state index contributed by atoms with van der Waals surface area (Å²) in [5, 5.41) is 0. The third-order valence-electron chi connectivity index (χ3n) is 1.96. The van der Waals surface area contributed by atoms with Crippen molar-refractivity contribution < 1.29 is 9.53 Å². The number of ether oxygens (including phenoxy) is 1. The van der Waals surface area contributed by atoms with Crippen LogP contribution in [0.15, 0.2) is 28.7 Å². The topological polar surface area (TPSA) is 29.5 Å². The highest BCUT2D eigenvalue weighted by Gasteiger charge is 2.11.